The molecule has 3 N–H and O–H groups in total. The minimum atomic E-state index is -3.68. The Morgan fingerprint density at radius 3 is 2.74 bits per heavy atom. The molecular formula is C11H15N5O2S. The Hall–Kier alpha value is -1.93. The number of sulfonamides is 1. The molecule has 0 bridgehead atoms. The number of nitrogens with one attached hydrogen (secondary N) is 1. The zero-order valence-corrected chi connectivity index (χ0v) is 11.5. The Morgan fingerprint density at radius 2 is 2.16 bits per heavy atom. The van der Waals surface area contributed by atoms with E-state index in [4.69, 9.17) is 5.73 Å². The summed E-state index contributed by atoms with van der Waals surface area (Å²) in [5, 5.41) is 3.81. The lowest BCUT2D eigenvalue weighted by Gasteiger charge is -2.05. The van der Waals surface area contributed by atoms with Crippen LogP contribution < -0.4 is 10.5 Å². The van der Waals surface area contributed by atoms with E-state index >= 15 is 0 Å². The number of nitrogen functional groups attached to an aromatic ring is 1. The van der Waals surface area contributed by atoms with E-state index in [9.17, 15) is 8.42 Å². The fourth-order valence-corrected chi connectivity index (χ4v) is 2.74. The van der Waals surface area contributed by atoms with Crippen LogP contribution in [0.15, 0.2) is 29.3 Å². The van der Waals surface area contributed by atoms with Crippen LogP contribution in [0.5, 0.6) is 0 Å². The molecule has 0 aliphatic carbocycles. The van der Waals surface area contributed by atoms with Gasteiger partial charge in [-0.05, 0) is 19.1 Å². The molecule has 0 fully saturated rings. The van der Waals surface area contributed by atoms with E-state index in [1.165, 1.54) is 10.9 Å². The Bertz CT molecular complexity index is 693. The van der Waals surface area contributed by atoms with Crippen molar-refractivity contribution in [2.75, 3.05) is 5.73 Å². The number of aryl methyl sites for hydroxylation is 2. The van der Waals surface area contributed by atoms with Crippen LogP contribution in [0.2, 0.25) is 0 Å². The quantitative estimate of drug-likeness (QED) is 0.832. The van der Waals surface area contributed by atoms with Crippen molar-refractivity contribution in [3.63, 3.8) is 0 Å². The monoisotopic (exact) mass is 281 g/mol. The molecule has 0 saturated heterocycles. The SMILES string of the molecule is Cc1cccc(CNS(=O)(=O)c2cn(C)nc2N)n1. The number of hydrogen-bond acceptors (Lipinski definition) is 5. The number of hydrogen-bond donors (Lipinski definition) is 2. The molecule has 0 atom stereocenters. The summed E-state index contributed by atoms with van der Waals surface area (Å²) in [7, 11) is -2.07. The zero-order chi connectivity index (χ0) is 14.0. The van der Waals surface area contributed by atoms with Crippen molar-refractivity contribution >= 4 is 15.8 Å². The second-order valence-corrected chi connectivity index (χ2v) is 5.88. The lowest BCUT2D eigenvalue weighted by atomic mass is 10.3. The van der Waals surface area contributed by atoms with Crippen molar-refractivity contribution in [2.45, 2.75) is 18.4 Å². The summed E-state index contributed by atoms with van der Waals surface area (Å²) in [6.45, 7) is 1.95. The van der Waals surface area contributed by atoms with Crippen molar-refractivity contribution < 1.29 is 8.42 Å². The normalized spacial score (nSPS) is 11.7. The van der Waals surface area contributed by atoms with Crippen LogP contribution in [0, 0.1) is 6.92 Å². The number of nitrogens with two attached hydrogens (primary N) is 1. The molecule has 2 aromatic rings. The lowest BCUT2D eigenvalue weighted by molar-refractivity contribution is 0.580. The summed E-state index contributed by atoms with van der Waals surface area (Å²) in [5.74, 6) is -0.0211. The summed E-state index contributed by atoms with van der Waals surface area (Å²) in [6, 6.07) is 5.42. The zero-order valence-electron chi connectivity index (χ0n) is 10.7. The van der Waals surface area contributed by atoms with Crippen LogP contribution in [0.25, 0.3) is 0 Å². The molecule has 0 amide bonds. The van der Waals surface area contributed by atoms with Crippen molar-refractivity contribution in [1.29, 1.82) is 0 Å². The maximum Gasteiger partial charge on any atom is 0.246 e. The van der Waals surface area contributed by atoms with E-state index in [0.717, 1.165) is 5.69 Å². The van der Waals surface area contributed by atoms with Crippen molar-refractivity contribution in [2.24, 2.45) is 7.05 Å². The number of pyridine rings is 1. The molecule has 0 aliphatic heterocycles. The first-order chi connectivity index (χ1) is 8.88. The van der Waals surface area contributed by atoms with Crippen molar-refractivity contribution in [1.82, 2.24) is 19.5 Å². The van der Waals surface area contributed by atoms with E-state index in [1.54, 1.807) is 13.1 Å². The third-order valence-electron chi connectivity index (χ3n) is 2.50. The summed E-state index contributed by atoms with van der Waals surface area (Å²) >= 11 is 0. The average Bonchev–Trinajstić information content (AvgIpc) is 2.67. The molecule has 2 heterocycles. The second kappa shape index (κ2) is 4.98. The van der Waals surface area contributed by atoms with Gasteiger partial charge >= 0.3 is 0 Å². The van der Waals surface area contributed by atoms with E-state index in [-0.39, 0.29) is 17.3 Å². The number of rotatable bonds is 4. The van der Waals surface area contributed by atoms with Crippen LogP contribution in [-0.2, 0) is 23.6 Å². The topological polar surface area (TPSA) is 103 Å². The molecule has 0 radical (unpaired) electrons. The minimum absolute atomic E-state index is 0.0211. The van der Waals surface area contributed by atoms with Gasteiger partial charge in [-0.15, -0.1) is 0 Å². The Kier molecular flexibility index (Phi) is 3.54. The fourth-order valence-electron chi connectivity index (χ4n) is 1.64. The van der Waals surface area contributed by atoms with Gasteiger partial charge in [0.25, 0.3) is 0 Å². The fraction of sp³-hybridized carbons (Fsp3) is 0.273. The highest BCUT2D eigenvalue weighted by Crippen LogP contribution is 2.15. The number of nitrogens with zero attached hydrogens (tertiary/aromatic N) is 3. The van der Waals surface area contributed by atoms with Gasteiger partial charge in [0.05, 0.1) is 12.2 Å². The van der Waals surface area contributed by atoms with E-state index in [1.807, 2.05) is 19.1 Å². The van der Waals surface area contributed by atoms with E-state index in [0.29, 0.717) is 5.69 Å². The number of anilines is 1. The van der Waals surface area contributed by atoms with Gasteiger partial charge in [0, 0.05) is 18.9 Å². The molecule has 102 valence electrons. The van der Waals surface area contributed by atoms with E-state index in [2.05, 4.69) is 14.8 Å². The molecule has 19 heavy (non-hydrogen) atoms. The van der Waals surface area contributed by atoms with Crippen LogP contribution >= 0.6 is 0 Å². The summed E-state index contributed by atoms with van der Waals surface area (Å²) < 4.78 is 27.9. The lowest BCUT2D eigenvalue weighted by Crippen LogP contribution is -2.24. The summed E-state index contributed by atoms with van der Waals surface area (Å²) in [4.78, 5) is 4.19. The van der Waals surface area contributed by atoms with Gasteiger partial charge in [0.1, 0.15) is 4.90 Å². The average molecular weight is 281 g/mol. The van der Waals surface area contributed by atoms with Crippen molar-refractivity contribution in [3.8, 4) is 0 Å². The predicted molar refractivity (Wildman–Crippen MR) is 70.6 cm³/mol. The Morgan fingerprint density at radius 1 is 1.42 bits per heavy atom. The van der Waals surface area contributed by atoms with Gasteiger partial charge in [-0.3, -0.25) is 9.67 Å². The number of aromatic nitrogens is 3. The smallest absolute Gasteiger partial charge is 0.246 e. The standard InChI is InChI=1S/C11H15N5O2S/c1-8-4-3-5-9(14-8)6-13-19(17,18)10-7-16(2)15-11(10)12/h3-5,7,13H,6H2,1-2H3,(H2,12,15). The van der Waals surface area contributed by atoms with Gasteiger partial charge in [-0.25, -0.2) is 13.1 Å². The third-order valence-corrected chi connectivity index (χ3v) is 3.92. The first kappa shape index (κ1) is 13.5. The molecular weight excluding hydrogens is 266 g/mol. The van der Waals surface area contributed by atoms with Gasteiger partial charge in [-0.2, -0.15) is 5.10 Å². The van der Waals surface area contributed by atoms with Crippen LogP contribution in [0.1, 0.15) is 11.4 Å². The Labute approximate surface area is 111 Å². The molecule has 2 rings (SSSR count). The third kappa shape index (κ3) is 3.09. The predicted octanol–water partition coefficient (Wildman–Crippen LogP) is 0.184. The molecule has 8 heteroatoms. The highest BCUT2D eigenvalue weighted by molar-refractivity contribution is 7.89. The molecule has 2 aromatic heterocycles. The largest absolute Gasteiger partial charge is 0.381 e. The van der Waals surface area contributed by atoms with Crippen LogP contribution in [0.3, 0.4) is 0 Å². The maximum absolute atomic E-state index is 12.1. The highest BCUT2D eigenvalue weighted by Gasteiger charge is 2.20. The molecule has 0 spiro atoms. The summed E-state index contributed by atoms with van der Waals surface area (Å²) in [6.07, 6.45) is 1.36. The Balaban J connectivity index is 2.16. The summed E-state index contributed by atoms with van der Waals surface area (Å²) in [5.41, 5.74) is 7.03. The van der Waals surface area contributed by atoms with Gasteiger partial charge in [-0.1, -0.05) is 6.07 Å². The van der Waals surface area contributed by atoms with Crippen LogP contribution in [-0.4, -0.2) is 23.2 Å². The first-order valence-corrected chi connectivity index (χ1v) is 7.08. The first-order valence-electron chi connectivity index (χ1n) is 5.60. The minimum Gasteiger partial charge on any atom is -0.381 e. The maximum atomic E-state index is 12.1. The molecule has 0 saturated carbocycles. The van der Waals surface area contributed by atoms with Crippen molar-refractivity contribution in [3.05, 3.63) is 35.8 Å². The van der Waals surface area contributed by atoms with Crippen LogP contribution in [0.4, 0.5) is 5.82 Å². The molecule has 0 aliphatic rings. The molecule has 7 nitrogen and oxygen atoms in total. The van der Waals surface area contributed by atoms with Gasteiger partial charge in [0.15, 0.2) is 5.82 Å². The van der Waals surface area contributed by atoms with E-state index < -0.39 is 10.0 Å². The molecule has 0 unspecified atom stereocenters. The second-order valence-electron chi connectivity index (χ2n) is 4.15. The van der Waals surface area contributed by atoms with Gasteiger partial charge < -0.3 is 5.73 Å². The molecule has 0 aromatic carbocycles. The highest BCUT2D eigenvalue weighted by atomic mass is 32.2. The van der Waals surface area contributed by atoms with Gasteiger partial charge in [0.2, 0.25) is 10.0 Å².